The Morgan fingerprint density at radius 3 is 1.50 bits per heavy atom. The molecule has 0 aliphatic carbocycles. The van der Waals surface area contributed by atoms with Crippen LogP contribution >= 0.6 is 0 Å². The van der Waals surface area contributed by atoms with Crippen LogP contribution in [0.4, 0.5) is 0 Å². The van der Waals surface area contributed by atoms with Gasteiger partial charge >= 0.3 is 17.1 Å². The van der Waals surface area contributed by atoms with Gasteiger partial charge < -0.3 is 20.6 Å². The van der Waals surface area contributed by atoms with Gasteiger partial charge in [-0.3, -0.25) is 0 Å². The summed E-state index contributed by atoms with van der Waals surface area (Å²) >= 11 is 0. The van der Waals surface area contributed by atoms with Crippen LogP contribution in [0.3, 0.4) is 0 Å². The Kier molecular flexibility index (Phi) is 263. The fourth-order valence-electron chi connectivity index (χ4n) is 0. The molecule has 8 heavy (non-hydrogen) atoms. The molecule has 0 unspecified atom stereocenters. The first-order chi connectivity index (χ1) is 1.91. The maximum atomic E-state index is 8.58. The summed E-state index contributed by atoms with van der Waals surface area (Å²) < 4.78 is 0. The summed E-state index contributed by atoms with van der Waals surface area (Å²) in [4.78, 5) is 11.3. The van der Waals surface area contributed by atoms with Crippen LogP contribution in [0.2, 0.25) is 0 Å². The van der Waals surface area contributed by atoms with E-state index in [1.807, 2.05) is 0 Å². The van der Waals surface area contributed by atoms with Gasteiger partial charge in [0.1, 0.15) is 0 Å². The molecular weight excluding hydrogens is 219 g/mol. The van der Waals surface area contributed by atoms with Crippen LogP contribution in [0.5, 0.6) is 0 Å². The van der Waals surface area contributed by atoms with Gasteiger partial charge in [0.2, 0.25) is 0 Å². The molecule has 0 atom stereocenters. The van der Waals surface area contributed by atoms with E-state index in [1.165, 1.54) is 0 Å². The topological polar surface area (TPSA) is 110 Å². The Hall–Kier alpha value is 0.389. The van der Waals surface area contributed by atoms with E-state index in [4.69, 9.17) is 10.1 Å². The third kappa shape index (κ3) is 96.2. The minimum absolute atomic E-state index is 0. The largest absolute Gasteiger partial charge is 1.00 e. The van der Waals surface area contributed by atoms with E-state index < -0.39 is 0 Å². The smallest absolute Gasteiger partial charge is 0.509 e. The minimum atomic E-state index is 0. The maximum Gasteiger partial charge on any atom is 1.00 e. The molecule has 0 aliphatic rings. The van der Waals surface area contributed by atoms with Crippen LogP contribution in [-0.2, 0) is 43.8 Å². The van der Waals surface area contributed by atoms with E-state index >= 15 is 0 Å². The summed E-state index contributed by atoms with van der Waals surface area (Å²) in [6.07, 6.45) is 0. The Balaban J connectivity index is -0.00000000750. The maximum absolute atomic E-state index is 8.58. The van der Waals surface area contributed by atoms with Gasteiger partial charge in [0.05, 0.1) is 0 Å². The Labute approximate surface area is 66.9 Å². The molecular formula is CH5Cu2O5. The van der Waals surface area contributed by atoms with Crippen molar-refractivity contribution in [2.45, 2.75) is 0 Å². The Morgan fingerprint density at radius 2 is 1.50 bits per heavy atom. The summed E-state index contributed by atoms with van der Waals surface area (Å²) in [5, 5.41) is 6.95. The first-order valence-corrected chi connectivity index (χ1v) is 0.591. The average molecular weight is 224 g/mol. The van der Waals surface area contributed by atoms with Crippen molar-refractivity contribution < 1.29 is 60.0 Å². The molecule has 0 aromatic rings. The Morgan fingerprint density at radius 1 is 1.38 bits per heavy atom. The van der Waals surface area contributed by atoms with Gasteiger partial charge in [-0.1, -0.05) is 0 Å². The standard InChI is InChI=1S/CHO3.2Cu.2H2O/c2-1-4-3;;;;/h3H;;;2*1H2/q-1;;+1;;. The molecule has 7 heteroatoms. The van der Waals surface area contributed by atoms with Crippen molar-refractivity contribution in [2.24, 2.45) is 0 Å². The van der Waals surface area contributed by atoms with E-state index in [-0.39, 0.29) is 45.1 Å². The van der Waals surface area contributed by atoms with Gasteiger partial charge in [-0.05, 0) is 6.47 Å². The molecule has 5 nitrogen and oxygen atoms in total. The van der Waals surface area contributed by atoms with Crippen molar-refractivity contribution in [2.75, 3.05) is 0 Å². The molecule has 1 radical (unpaired) electrons. The van der Waals surface area contributed by atoms with Crippen molar-refractivity contribution in [1.29, 1.82) is 0 Å². The molecule has 0 saturated carbocycles. The first kappa shape index (κ1) is 39.9. The summed E-state index contributed by atoms with van der Waals surface area (Å²) in [5.74, 6) is 0. The molecule has 0 rings (SSSR count). The van der Waals surface area contributed by atoms with Crippen molar-refractivity contribution in [3.05, 3.63) is 0 Å². The third-order valence-corrected chi connectivity index (χ3v) is 0.0373. The van der Waals surface area contributed by atoms with Crippen molar-refractivity contribution in [1.82, 2.24) is 0 Å². The average Bonchev–Trinajstić information content (AvgIpc) is 1.37. The molecule has 5 N–H and O–H groups in total. The molecule has 0 bridgehead atoms. The van der Waals surface area contributed by atoms with Crippen LogP contribution in [0.15, 0.2) is 0 Å². The van der Waals surface area contributed by atoms with Crippen LogP contribution in [0.25, 0.3) is 0 Å². The Bertz CT molecular complexity index is 24.4. The SMILES string of the molecule is O.O.O=[C-]OO.[Cu+].[Cu]. The molecule has 0 aromatic heterocycles. The van der Waals surface area contributed by atoms with E-state index in [2.05, 4.69) is 4.89 Å². The summed E-state index contributed by atoms with van der Waals surface area (Å²) in [6.45, 7) is 0.736. The monoisotopic (exact) mass is 223 g/mol. The van der Waals surface area contributed by atoms with Gasteiger partial charge in [0, 0.05) is 17.1 Å². The summed E-state index contributed by atoms with van der Waals surface area (Å²) in [7, 11) is 0. The van der Waals surface area contributed by atoms with E-state index in [9.17, 15) is 0 Å². The van der Waals surface area contributed by atoms with Crippen LogP contribution in [0.1, 0.15) is 0 Å². The van der Waals surface area contributed by atoms with Crippen LogP contribution in [0, 0.1) is 0 Å². The normalized spacial score (nSPS) is 2.62. The van der Waals surface area contributed by atoms with Gasteiger partial charge in [-0.2, -0.15) is 0 Å². The van der Waals surface area contributed by atoms with Gasteiger partial charge in [-0.15, -0.1) is 0 Å². The van der Waals surface area contributed by atoms with E-state index in [1.54, 1.807) is 0 Å². The van der Waals surface area contributed by atoms with E-state index in [0.717, 1.165) is 6.47 Å². The molecule has 0 fully saturated rings. The quantitative estimate of drug-likeness (QED) is 0.238. The van der Waals surface area contributed by atoms with Crippen molar-refractivity contribution in [3.63, 3.8) is 0 Å². The fraction of sp³-hybridized carbons (Fsp3) is 0. The summed E-state index contributed by atoms with van der Waals surface area (Å²) in [5.41, 5.74) is 0. The van der Waals surface area contributed by atoms with Crippen molar-refractivity contribution in [3.8, 4) is 0 Å². The number of hydrogen-bond donors (Lipinski definition) is 1. The zero-order valence-corrected chi connectivity index (χ0v) is 5.25. The van der Waals surface area contributed by atoms with E-state index in [0.29, 0.717) is 0 Å². The van der Waals surface area contributed by atoms with Gasteiger partial charge in [-0.25, -0.2) is 5.26 Å². The van der Waals surface area contributed by atoms with Crippen molar-refractivity contribution >= 4 is 6.47 Å². The molecule has 0 saturated heterocycles. The number of rotatable bonds is 1. The minimum Gasteiger partial charge on any atom is -0.509 e. The molecule has 0 spiro atoms. The second kappa shape index (κ2) is 52.8. The second-order valence-electron chi connectivity index (χ2n) is 0.175. The molecule has 0 amide bonds. The summed E-state index contributed by atoms with van der Waals surface area (Å²) in [6, 6.07) is 0. The van der Waals surface area contributed by atoms with Gasteiger partial charge in [0.25, 0.3) is 0 Å². The van der Waals surface area contributed by atoms with Crippen LogP contribution < -0.4 is 0 Å². The molecule has 0 heterocycles. The predicted octanol–water partition coefficient (Wildman–Crippen LogP) is -2.11. The molecule has 61 valence electrons. The third-order valence-electron chi connectivity index (χ3n) is 0.0373. The zero-order valence-electron chi connectivity index (χ0n) is 3.37. The molecule has 0 aromatic carbocycles. The first-order valence-electron chi connectivity index (χ1n) is 0.591. The fourth-order valence-corrected chi connectivity index (χ4v) is 0. The van der Waals surface area contributed by atoms with Crippen LogP contribution in [-0.4, -0.2) is 22.7 Å². The second-order valence-corrected chi connectivity index (χ2v) is 0.175. The predicted molar refractivity (Wildman–Crippen MR) is 16.6 cm³/mol. The number of hydrogen-bond acceptors (Lipinski definition) is 3. The van der Waals surface area contributed by atoms with Gasteiger partial charge in [0.15, 0.2) is 0 Å². The number of carbonyl (C=O) groups excluding carboxylic acids is 1. The zero-order chi connectivity index (χ0) is 3.41. The molecule has 0 aliphatic heterocycles.